The molecule has 2 rings (SSSR count). The summed E-state index contributed by atoms with van der Waals surface area (Å²) in [6.45, 7) is 4.32. The predicted octanol–water partition coefficient (Wildman–Crippen LogP) is 4.47. The van der Waals surface area contributed by atoms with E-state index in [2.05, 4.69) is 53.5 Å². The van der Waals surface area contributed by atoms with Crippen molar-refractivity contribution in [3.63, 3.8) is 0 Å². The first-order chi connectivity index (χ1) is 6.58. The number of hydrogen-bond donors (Lipinski definition) is 1. The van der Waals surface area contributed by atoms with E-state index in [1.54, 1.807) is 11.3 Å². The third-order valence-electron chi connectivity index (χ3n) is 1.95. The fourth-order valence-electron chi connectivity index (χ4n) is 1.24. The van der Waals surface area contributed by atoms with Crippen molar-refractivity contribution in [3.8, 4) is 0 Å². The van der Waals surface area contributed by atoms with Crippen LogP contribution in [0.5, 0.6) is 0 Å². The molecule has 1 aromatic heterocycles. The summed E-state index contributed by atoms with van der Waals surface area (Å²) >= 11 is 9.62. The number of fused-ring (bicyclic) bond motifs is 1. The van der Waals surface area contributed by atoms with Gasteiger partial charge in [-0.15, -0.1) is 24.0 Å². The molecule has 74 valence electrons. The van der Waals surface area contributed by atoms with Gasteiger partial charge < -0.3 is 0 Å². The first-order valence-corrected chi connectivity index (χ1v) is 6.42. The van der Waals surface area contributed by atoms with Gasteiger partial charge in [0.05, 0.1) is 15.2 Å². The molecule has 0 aliphatic carbocycles. The van der Waals surface area contributed by atoms with Crippen molar-refractivity contribution in [3.05, 3.63) is 21.6 Å². The topological polar surface area (TPSA) is 12.9 Å². The van der Waals surface area contributed by atoms with Crippen LogP contribution in [0.4, 0.5) is 0 Å². The van der Waals surface area contributed by atoms with E-state index in [9.17, 15) is 0 Å². The summed E-state index contributed by atoms with van der Waals surface area (Å²) in [5, 5.41) is 1.17. The zero-order chi connectivity index (χ0) is 10.3. The van der Waals surface area contributed by atoms with Crippen molar-refractivity contribution in [2.75, 3.05) is 0 Å². The largest absolute Gasteiger partial charge is 0.240 e. The molecule has 0 saturated heterocycles. The molecular formula is C10H10BrNS2. The van der Waals surface area contributed by atoms with Crippen LogP contribution in [0.25, 0.3) is 10.2 Å². The third-order valence-corrected chi connectivity index (χ3v) is 4.05. The van der Waals surface area contributed by atoms with Crippen LogP contribution in [0.1, 0.15) is 24.8 Å². The number of thiazole rings is 1. The van der Waals surface area contributed by atoms with Crippen molar-refractivity contribution in [2.24, 2.45) is 0 Å². The maximum absolute atomic E-state index is 4.57. The Balaban J connectivity index is 2.70. The van der Waals surface area contributed by atoms with Crippen LogP contribution in [0.15, 0.2) is 21.5 Å². The van der Waals surface area contributed by atoms with Crippen molar-refractivity contribution < 1.29 is 0 Å². The van der Waals surface area contributed by atoms with E-state index in [1.165, 1.54) is 9.71 Å². The van der Waals surface area contributed by atoms with Gasteiger partial charge in [-0.2, -0.15) is 0 Å². The monoisotopic (exact) mass is 287 g/mol. The van der Waals surface area contributed by atoms with E-state index in [4.69, 9.17) is 0 Å². The average Bonchev–Trinajstić information content (AvgIpc) is 2.47. The highest BCUT2D eigenvalue weighted by Crippen LogP contribution is 2.33. The molecule has 0 fully saturated rings. The normalized spacial score (nSPS) is 11.5. The lowest BCUT2D eigenvalue weighted by molar-refractivity contribution is 0.856. The van der Waals surface area contributed by atoms with Crippen LogP contribution in [0.2, 0.25) is 0 Å². The predicted molar refractivity (Wildman–Crippen MR) is 68.7 cm³/mol. The summed E-state index contributed by atoms with van der Waals surface area (Å²) in [6.07, 6.45) is 0. The van der Waals surface area contributed by atoms with Gasteiger partial charge >= 0.3 is 0 Å². The Morgan fingerprint density at radius 1 is 1.43 bits per heavy atom. The van der Waals surface area contributed by atoms with Gasteiger partial charge in [0.25, 0.3) is 0 Å². The minimum absolute atomic E-state index is 0.485. The minimum atomic E-state index is 0.485. The Morgan fingerprint density at radius 3 is 2.79 bits per heavy atom. The molecule has 0 bridgehead atoms. The Labute approximate surface area is 101 Å². The molecule has 0 spiro atoms. The number of thiol groups is 1. The van der Waals surface area contributed by atoms with Crippen LogP contribution < -0.4 is 0 Å². The van der Waals surface area contributed by atoms with Crippen LogP contribution in [0, 0.1) is 0 Å². The van der Waals surface area contributed by atoms with Crippen LogP contribution in [-0.2, 0) is 0 Å². The molecule has 0 aliphatic rings. The van der Waals surface area contributed by atoms with E-state index < -0.39 is 0 Å². The summed E-state index contributed by atoms with van der Waals surface area (Å²) in [6, 6.07) is 4.08. The highest BCUT2D eigenvalue weighted by Gasteiger charge is 2.09. The molecule has 2 aromatic rings. The van der Waals surface area contributed by atoms with Crippen LogP contribution in [0.3, 0.4) is 0 Å². The lowest BCUT2D eigenvalue weighted by Gasteiger charge is -1.95. The van der Waals surface area contributed by atoms with E-state index in [1.807, 2.05) is 6.07 Å². The highest BCUT2D eigenvalue weighted by atomic mass is 79.9. The lowest BCUT2D eigenvalue weighted by atomic mass is 10.2. The van der Waals surface area contributed by atoms with Crippen molar-refractivity contribution >= 4 is 50.1 Å². The first-order valence-electron chi connectivity index (χ1n) is 4.37. The highest BCUT2D eigenvalue weighted by molar-refractivity contribution is 9.10. The summed E-state index contributed by atoms with van der Waals surface area (Å²) in [5.41, 5.74) is 1.02. The SMILES string of the molecule is CC(C)c1nc2c(S)cc(Br)cc2s1. The number of rotatable bonds is 1. The van der Waals surface area contributed by atoms with Gasteiger partial charge in [0, 0.05) is 15.3 Å². The van der Waals surface area contributed by atoms with Crippen molar-refractivity contribution in [1.29, 1.82) is 0 Å². The molecule has 14 heavy (non-hydrogen) atoms. The van der Waals surface area contributed by atoms with Gasteiger partial charge in [-0.05, 0) is 12.1 Å². The summed E-state index contributed by atoms with van der Waals surface area (Å²) in [5.74, 6) is 0.485. The van der Waals surface area contributed by atoms with Gasteiger partial charge in [0.15, 0.2) is 0 Å². The maximum Gasteiger partial charge on any atom is 0.0964 e. The first kappa shape index (κ1) is 10.5. The van der Waals surface area contributed by atoms with Crippen LogP contribution in [-0.4, -0.2) is 4.98 Å². The van der Waals surface area contributed by atoms with Gasteiger partial charge in [-0.1, -0.05) is 29.8 Å². The van der Waals surface area contributed by atoms with Gasteiger partial charge in [-0.3, -0.25) is 0 Å². The molecule has 1 heterocycles. The van der Waals surface area contributed by atoms with Crippen molar-refractivity contribution in [2.45, 2.75) is 24.7 Å². The molecule has 0 saturated carbocycles. The van der Waals surface area contributed by atoms with Gasteiger partial charge in [0.1, 0.15) is 0 Å². The Morgan fingerprint density at radius 2 is 2.14 bits per heavy atom. The molecule has 0 aliphatic heterocycles. The van der Waals surface area contributed by atoms with E-state index in [0.717, 1.165) is 14.9 Å². The fourth-order valence-corrected chi connectivity index (χ4v) is 3.45. The third kappa shape index (κ3) is 1.83. The van der Waals surface area contributed by atoms with E-state index in [0.29, 0.717) is 5.92 Å². The number of halogens is 1. The molecular weight excluding hydrogens is 278 g/mol. The van der Waals surface area contributed by atoms with E-state index in [-0.39, 0.29) is 0 Å². The Hall–Kier alpha value is -0.0600. The average molecular weight is 288 g/mol. The zero-order valence-electron chi connectivity index (χ0n) is 7.91. The molecule has 0 unspecified atom stereocenters. The zero-order valence-corrected chi connectivity index (χ0v) is 11.2. The molecule has 1 nitrogen and oxygen atoms in total. The molecule has 4 heteroatoms. The standard InChI is InChI=1S/C10H10BrNS2/c1-5(2)10-12-9-7(13)3-6(11)4-8(9)14-10/h3-5,13H,1-2H3. The Kier molecular flexibility index (Phi) is 2.86. The number of aromatic nitrogens is 1. The molecule has 0 N–H and O–H groups in total. The summed E-state index contributed by atoms with van der Waals surface area (Å²) in [7, 11) is 0. The fraction of sp³-hybridized carbons (Fsp3) is 0.300. The minimum Gasteiger partial charge on any atom is -0.240 e. The molecule has 0 amide bonds. The Bertz CT molecular complexity index is 476. The van der Waals surface area contributed by atoms with Gasteiger partial charge in [0.2, 0.25) is 0 Å². The quantitative estimate of drug-likeness (QED) is 0.764. The molecule has 0 atom stereocenters. The van der Waals surface area contributed by atoms with Crippen LogP contribution >= 0.6 is 39.9 Å². The summed E-state index contributed by atoms with van der Waals surface area (Å²) in [4.78, 5) is 5.52. The second-order valence-electron chi connectivity index (χ2n) is 3.48. The summed E-state index contributed by atoms with van der Waals surface area (Å²) < 4.78 is 2.27. The number of benzene rings is 1. The number of hydrogen-bond acceptors (Lipinski definition) is 3. The van der Waals surface area contributed by atoms with Crippen molar-refractivity contribution in [1.82, 2.24) is 4.98 Å². The maximum atomic E-state index is 4.57. The molecule has 0 radical (unpaired) electrons. The van der Waals surface area contributed by atoms with E-state index >= 15 is 0 Å². The lowest BCUT2D eigenvalue weighted by Crippen LogP contribution is -1.83. The van der Waals surface area contributed by atoms with Gasteiger partial charge in [-0.25, -0.2) is 4.98 Å². The molecule has 1 aromatic carbocycles. The number of nitrogens with zero attached hydrogens (tertiary/aromatic N) is 1. The second kappa shape index (κ2) is 3.83. The smallest absolute Gasteiger partial charge is 0.0964 e. The second-order valence-corrected chi connectivity index (χ2v) is 5.94.